The summed E-state index contributed by atoms with van der Waals surface area (Å²) in [5.41, 5.74) is 0.755. The molecule has 1 spiro atoms. The SMILES string of the molecule is C[C@H]1CC[C@@]2(OC1)O[C@H]1C[C@H]3[C@@H]4CC=C5C[C@@H](O)C[C@@H](OS(=O)(=O)O)[C@]5(C)[C@H]4CC[C@]3(C)[C@H]1[C@@H]2C. The zero-order chi connectivity index (χ0) is 25.0. The number of aliphatic hydroxyl groups is 1. The number of hydrogen-bond acceptors (Lipinski definition) is 6. The molecular formula is C27H42O7S. The summed E-state index contributed by atoms with van der Waals surface area (Å²) in [5, 5.41) is 10.5. The van der Waals surface area contributed by atoms with E-state index in [0.29, 0.717) is 36.0 Å². The van der Waals surface area contributed by atoms with Gasteiger partial charge in [0.05, 0.1) is 24.9 Å². The van der Waals surface area contributed by atoms with Gasteiger partial charge >= 0.3 is 10.4 Å². The van der Waals surface area contributed by atoms with Crippen LogP contribution in [0.5, 0.6) is 0 Å². The van der Waals surface area contributed by atoms with Gasteiger partial charge in [0.15, 0.2) is 5.79 Å². The molecule has 2 aliphatic heterocycles. The van der Waals surface area contributed by atoms with Gasteiger partial charge in [0.2, 0.25) is 0 Å². The lowest BCUT2D eigenvalue weighted by Gasteiger charge is -2.60. The van der Waals surface area contributed by atoms with E-state index in [2.05, 4.69) is 33.8 Å². The van der Waals surface area contributed by atoms with Crippen LogP contribution in [0, 0.1) is 46.3 Å². The highest BCUT2D eigenvalue weighted by Gasteiger charge is 2.69. The van der Waals surface area contributed by atoms with Crippen molar-refractivity contribution in [3.8, 4) is 0 Å². The monoisotopic (exact) mass is 510 g/mol. The molecule has 7 nitrogen and oxygen atoms in total. The summed E-state index contributed by atoms with van der Waals surface area (Å²) in [6.07, 6.45) is 8.02. The fraction of sp³-hybridized carbons (Fsp3) is 0.926. The molecule has 2 heterocycles. The molecule has 35 heavy (non-hydrogen) atoms. The van der Waals surface area contributed by atoms with Crippen molar-refractivity contribution >= 4 is 10.4 Å². The summed E-state index contributed by atoms with van der Waals surface area (Å²) in [7, 11) is -4.62. The van der Waals surface area contributed by atoms with Crippen molar-refractivity contribution in [1.82, 2.24) is 0 Å². The van der Waals surface area contributed by atoms with Crippen molar-refractivity contribution in [3.05, 3.63) is 11.6 Å². The summed E-state index contributed by atoms with van der Waals surface area (Å²) < 4.78 is 51.6. The molecule has 198 valence electrons. The number of rotatable bonds is 2. The van der Waals surface area contributed by atoms with Crippen LogP contribution in [-0.2, 0) is 24.1 Å². The van der Waals surface area contributed by atoms with Gasteiger partial charge < -0.3 is 14.6 Å². The first-order valence-electron chi connectivity index (χ1n) is 13.7. The van der Waals surface area contributed by atoms with Crippen molar-refractivity contribution in [2.24, 2.45) is 46.3 Å². The van der Waals surface area contributed by atoms with Crippen LogP contribution in [-0.4, -0.2) is 48.8 Å². The van der Waals surface area contributed by atoms with Crippen LogP contribution in [0.15, 0.2) is 11.6 Å². The zero-order valence-electron chi connectivity index (χ0n) is 21.5. The van der Waals surface area contributed by atoms with Crippen molar-refractivity contribution < 1.29 is 31.7 Å². The van der Waals surface area contributed by atoms with Gasteiger partial charge in [0.1, 0.15) is 0 Å². The van der Waals surface area contributed by atoms with Crippen LogP contribution in [0.3, 0.4) is 0 Å². The van der Waals surface area contributed by atoms with E-state index in [-0.39, 0.29) is 23.9 Å². The highest BCUT2D eigenvalue weighted by atomic mass is 32.3. The average Bonchev–Trinajstić information content (AvgIpc) is 3.21. The molecule has 3 saturated carbocycles. The Morgan fingerprint density at radius 1 is 1.11 bits per heavy atom. The van der Waals surface area contributed by atoms with E-state index in [1.165, 1.54) is 0 Å². The van der Waals surface area contributed by atoms with Gasteiger partial charge in [-0.1, -0.05) is 39.3 Å². The van der Waals surface area contributed by atoms with Crippen LogP contribution in [0.2, 0.25) is 0 Å². The molecule has 4 aliphatic carbocycles. The topological polar surface area (TPSA) is 102 Å². The number of allylic oxidation sites excluding steroid dienone is 1. The minimum absolute atomic E-state index is 0.163. The Morgan fingerprint density at radius 3 is 2.57 bits per heavy atom. The number of aliphatic hydroxyl groups excluding tert-OH is 1. The van der Waals surface area contributed by atoms with Crippen LogP contribution in [0.1, 0.15) is 79.1 Å². The molecule has 2 N–H and O–H groups in total. The average molecular weight is 511 g/mol. The highest BCUT2D eigenvalue weighted by Crippen LogP contribution is 2.70. The third kappa shape index (κ3) is 3.57. The molecule has 0 bridgehead atoms. The number of ether oxygens (including phenoxy) is 2. The molecule has 0 radical (unpaired) electrons. The fourth-order valence-electron chi connectivity index (χ4n) is 9.98. The van der Waals surface area contributed by atoms with Crippen LogP contribution < -0.4 is 0 Å². The third-order valence-corrected chi connectivity index (χ3v) is 12.1. The standard InChI is InChI=1S/C27H42O7S/c1-15-7-10-27(32-14-15)16(2)24-22(33-27)13-21-19-6-5-17-11-18(28)12-23(34-35(29,30)31)26(17,4)20(19)8-9-25(21,24)3/h5,15-16,18-24,28H,6-14H2,1-4H3,(H,29,30,31)/t15-,16-,18+,19+,20-,21-,22-,23+,24-,25-,26-,27+/m0/s1. The predicted octanol–water partition coefficient (Wildman–Crippen LogP) is 4.51. The molecule has 2 saturated heterocycles. The summed E-state index contributed by atoms with van der Waals surface area (Å²) in [6.45, 7) is 9.96. The smallest absolute Gasteiger partial charge is 0.393 e. The lowest BCUT2D eigenvalue weighted by Crippen LogP contribution is -2.57. The zero-order valence-corrected chi connectivity index (χ0v) is 22.3. The third-order valence-electron chi connectivity index (χ3n) is 11.7. The Labute approximate surface area is 209 Å². The summed E-state index contributed by atoms with van der Waals surface area (Å²) in [5.74, 6) is 2.16. The van der Waals surface area contributed by atoms with Gasteiger partial charge in [0, 0.05) is 24.2 Å². The maximum Gasteiger partial charge on any atom is 0.397 e. The van der Waals surface area contributed by atoms with Gasteiger partial charge in [-0.2, -0.15) is 8.42 Å². The molecule has 0 amide bonds. The van der Waals surface area contributed by atoms with E-state index in [4.69, 9.17) is 13.7 Å². The number of hydrogen-bond donors (Lipinski definition) is 2. The van der Waals surface area contributed by atoms with Crippen LogP contribution in [0.25, 0.3) is 0 Å². The molecular weight excluding hydrogens is 468 g/mol. The minimum Gasteiger partial charge on any atom is -0.393 e. The maximum absolute atomic E-state index is 11.8. The first kappa shape index (κ1) is 24.8. The normalized spacial score (nSPS) is 55.6. The second-order valence-corrected chi connectivity index (χ2v) is 14.3. The van der Waals surface area contributed by atoms with Crippen molar-refractivity contribution in [3.63, 3.8) is 0 Å². The Hall–Kier alpha value is -0.510. The fourth-order valence-corrected chi connectivity index (χ4v) is 10.6. The first-order chi connectivity index (χ1) is 16.4. The Morgan fingerprint density at radius 2 is 1.89 bits per heavy atom. The molecule has 0 aromatic carbocycles. The summed E-state index contributed by atoms with van der Waals surface area (Å²) in [6, 6.07) is 0. The Kier molecular flexibility index (Phi) is 5.67. The van der Waals surface area contributed by atoms with E-state index in [9.17, 15) is 18.1 Å². The minimum atomic E-state index is -4.62. The first-order valence-corrected chi connectivity index (χ1v) is 15.1. The Balaban J connectivity index is 1.30. The van der Waals surface area contributed by atoms with Crippen molar-refractivity contribution in [1.29, 1.82) is 0 Å². The lowest BCUT2D eigenvalue weighted by atomic mass is 9.46. The maximum atomic E-state index is 11.8. The quantitative estimate of drug-likeness (QED) is 0.416. The Bertz CT molecular complexity index is 1000. The molecule has 0 aromatic heterocycles. The molecule has 5 fully saturated rings. The number of fused-ring (bicyclic) bond motifs is 7. The second kappa shape index (κ2) is 8.00. The molecule has 8 heteroatoms. The van der Waals surface area contributed by atoms with Crippen molar-refractivity contribution in [2.75, 3.05) is 6.61 Å². The van der Waals surface area contributed by atoms with Gasteiger partial charge in [-0.05, 0) is 73.5 Å². The molecule has 0 aromatic rings. The lowest BCUT2D eigenvalue weighted by molar-refractivity contribution is -0.272. The highest BCUT2D eigenvalue weighted by molar-refractivity contribution is 7.80. The van der Waals surface area contributed by atoms with E-state index >= 15 is 0 Å². The van der Waals surface area contributed by atoms with E-state index < -0.39 is 33.8 Å². The van der Waals surface area contributed by atoms with E-state index in [1.54, 1.807) is 0 Å². The van der Waals surface area contributed by atoms with Gasteiger partial charge in [-0.15, -0.1) is 0 Å². The van der Waals surface area contributed by atoms with E-state index in [1.807, 2.05) is 0 Å². The van der Waals surface area contributed by atoms with Gasteiger partial charge in [0.25, 0.3) is 0 Å². The van der Waals surface area contributed by atoms with Crippen LogP contribution >= 0.6 is 0 Å². The summed E-state index contributed by atoms with van der Waals surface area (Å²) in [4.78, 5) is 0. The van der Waals surface area contributed by atoms with Crippen molar-refractivity contribution in [2.45, 2.75) is 103 Å². The molecule has 6 rings (SSSR count). The molecule has 6 aliphatic rings. The largest absolute Gasteiger partial charge is 0.397 e. The molecule has 12 atom stereocenters. The predicted molar refractivity (Wildman–Crippen MR) is 130 cm³/mol. The second-order valence-electron chi connectivity index (χ2n) is 13.2. The van der Waals surface area contributed by atoms with Gasteiger partial charge in [-0.25, -0.2) is 4.18 Å². The molecule has 0 unspecified atom stereocenters. The van der Waals surface area contributed by atoms with Crippen LogP contribution in [0.4, 0.5) is 0 Å². The van der Waals surface area contributed by atoms with E-state index in [0.717, 1.165) is 50.7 Å². The summed E-state index contributed by atoms with van der Waals surface area (Å²) >= 11 is 0. The van der Waals surface area contributed by atoms with Gasteiger partial charge in [-0.3, -0.25) is 4.55 Å².